The number of nitrogens with zero attached hydrogens (tertiary/aromatic N) is 1. The van der Waals surface area contributed by atoms with Crippen molar-refractivity contribution in [3.8, 4) is 0 Å². The van der Waals surface area contributed by atoms with Crippen LogP contribution in [0.5, 0.6) is 0 Å². The van der Waals surface area contributed by atoms with Crippen molar-refractivity contribution < 1.29 is 0 Å². The largest absolute Gasteiger partial charge is 0.294 e. The van der Waals surface area contributed by atoms with E-state index >= 15 is 0 Å². The maximum Gasteiger partial charge on any atom is 0.0168 e. The molecule has 0 aromatic carbocycles. The van der Waals surface area contributed by atoms with Crippen molar-refractivity contribution in [1.82, 2.24) is 4.90 Å². The monoisotopic (exact) mass is 153 g/mol. The topological polar surface area (TPSA) is 3.24 Å². The first kappa shape index (κ1) is 7.60. The molecule has 1 heterocycles. The second-order valence-electron chi connectivity index (χ2n) is 4.74. The van der Waals surface area contributed by atoms with Crippen molar-refractivity contribution in [3.63, 3.8) is 0 Å². The van der Waals surface area contributed by atoms with Crippen LogP contribution in [-0.4, -0.2) is 23.0 Å². The average Bonchev–Trinajstić information content (AvgIpc) is 2.40. The smallest absolute Gasteiger partial charge is 0.0168 e. The lowest BCUT2D eigenvalue weighted by Crippen LogP contribution is -2.55. The zero-order chi connectivity index (χ0) is 8.17. The van der Waals surface area contributed by atoms with Crippen LogP contribution in [0.2, 0.25) is 0 Å². The predicted octanol–water partition coefficient (Wildman–Crippen LogP) is 2.12. The Morgan fingerprint density at radius 3 is 2.18 bits per heavy atom. The Bertz CT molecular complexity index is 140. The molecule has 0 spiro atoms. The van der Waals surface area contributed by atoms with Crippen LogP contribution in [0, 0.1) is 11.8 Å². The summed E-state index contributed by atoms with van der Waals surface area (Å²) in [5.41, 5.74) is 0. The molecule has 2 aliphatic rings. The minimum absolute atomic E-state index is 0.770. The third kappa shape index (κ3) is 0.936. The fourth-order valence-electron chi connectivity index (χ4n) is 2.82. The Kier molecular flexibility index (Phi) is 1.54. The highest BCUT2D eigenvalue weighted by molar-refractivity contribution is 5.15. The van der Waals surface area contributed by atoms with Crippen LogP contribution in [0.1, 0.15) is 34.1 Å². The Hall–Kier alpha value is -0.0400. The number of rotatable bonds is 2. The van der Waals surface area contributed by atoms with Crippen LogP contribution in [0.15, 0.2) is 0 Å². The third-order valence-corrected chi connectivity index (χ3v) is 3.25. The molecule has 1 nitrogen and oxygen atoms in total. The lowest BCUT2D eigenvalue weighted by atomic mass is 9.90. The van der Waals surface area contributed by atoms with Gasteiger partial charge in [-0.25, -0.2) is 0 Å². The molecule has 0 amide bonds. The normalized spacial score (nSPS) is 42.5. The quantitative estimate of drug-likeness (QED) is 0.587. The Balaban J connectivity index is 2.00. The van der Waals surface area contributed by atoms with Crippen LogP contribution >= 0.6 is 0 Å². The Labute approximate surface area is 69.8 Å². The molecule has 1 aliphatic carbocycles. The van der Waals surface area contributed by atoms with Gasteiger partial charge in [-0.1, -0.05) is 13.8 Å². The fraction of sp³-hybridized carbons (Fsp3) is 1.00. The molecular weight excluding hydrogens is 134 g/mol. The molecule has 2 fully saturated rings. The van der Waals surface area contributed by atoms with Gasteiger partial charge in [0.1, 0.15) is 0 Å². The average molecular weight is 153 g/mol. The first-order chi connectivity index (χ1) is 5.13. The highest BCUT2D eigenvalue weighted by Crippen LogP contribution is 2.54. The minimum Gasteiger partial charge on any atom is -0.294 e. The van der Waals surface area contributed by atoms with Crippen LogP contribution in [0.3, 0.4) is 0 Å². The first-order valence-electron chi connectivity index (χ1n) is 4.90. The van der Waals surface area contributed by atoms with Gasteiger partial charge in [0.2, 0.25) is 0 Å². The van der Waals surface area contributed by atoms with Gasteiger partial charge in [0.25, 0.3) is 0 Å². The van der Waals surface area contributed by atoms with E-state index in [2.05, 4.69) is 32.6 Å². The lowest BCUT2D eigenvalue weighted by Gasteiger charge is -2.45. The van der Waals surface area contributed by atoms with E-state index in [0.717, 1.165) is 30.0 Å². The molecule has 3 atom stereocenters. The molecule has 1 saturated carbocycles. The van der Waals surface area contributed by atoms with E-state index in [1.54, 1.807) is 0 Å². The SMILES string of the molecule is CC(C)C1C2CC2N1C(C)C. The zero-order valence-electron chi connectivity index (χ0n) is 8.04. The van der Waals surface area contributed by atoms with Crippen molar-refractivity contribution in [3.05, 3.63) is 0 Å². The molecule has 1 heteroatoms. The van der Waals surface area contributed by atoms with Gasteiger partial charge in [-0.15, -0.1) is 0 Å². The summed E-state index contributed by atoms with van der Waals surface area (Å²) >= 11 is 0. The van der Waals surface area contributed by atoms with Crippen molar-refractivity contribution >= 4 is 0 Å². The van der Waals surface area contributed by atoms with E-state index in [9.17, 15) is 0 Å². The standard InChI is InChI=1S/C10H19N/c1-6(2)10-8-5-9(8)11(10)7(3)4/h6-10H,5H2,1-4H3. The van der Waals surface area contributed by atoms with Crippen molar-refractivity contribution in [2.24, 2.45) is 11.8 Å². The number of fused-ring (bicyclic) bond motifs is 1. The maximum absolute atomic E-state index is 2.70. The number of hydrogen-bond acceptors (Lipinski definition) is 1. The summed E-state index contributed by atoms with van der Waals surface area (Å²) in [5.74, 6) is 1.94. The molecule has 11 heavy (non-hydrogen) atoms. The second kappa shape index (κ2) is 2.22. The highest BCUT2D eigenvalue weighted by atomic mass is 15.3. The number of likely N-dealkylation sites (tertiary alicyclic amines) is 1. The minimum atomic E-state index is 0.770. The Morgan fingerprint density at radius 2 is 1.82 bits per heavy atom. The number of hydrogen-bond donors (Lipinski definition) is 0. The van der Waals surface area contributed by atoms with Crippen LogP contribution in [0.4, 0.5) is 0 Å². The van der Waals surface area contributed by atoms with E-state index < -0.39 is 0 Å². The van der Waals surface area contributed by atoms with Gasteiger partial charge in [0, 0.05) is 18.1 Å². The molecule has 64 valence electrons. The summed E-state index contributed by atoms with van der Waals surface area (Å²) in [7, 11) is 0. The van der Waals surface area contributed by atoms with Gasteiger partial charge in [0.15, 0.2) is 0 Å². The molecule has 0 radical (unpaired) electrons. The lowest BCUT2D eigenvalue weighted by molar-refractivity contribution is 0.0168. The van der Waals surface area contributed by atoms with Crippen LogP contribution < -0.4 is 0 Å². The van der Waals surface area contributed by atoms with Gasteiger partial charge in [-0.2, -0.15) is 0 Å². The fourth-order valence-corrected chi connectivity index (χ4v) is 2.82. The molecule has 0 N–H and O–H groups in total. The van der Waals surface area contributed by atoms with Gasteiger partial charge in [-0.3, -0.25) is 4.90 Å². The summed E-state index contributed by atoms with van der Waals surface area (Å²) < 4.78 is 0. The third-order valence-electron chi connectivity index (χ3n) is 3.25. The van der Waals surface area contributed by atoms with Crippen molar-refractivity contribution in [1.29, 1.82) is 0 Å². The van der Waals surface area contributed by atoms with E-state index in [0.29, 0.717) is 0 Å². The van der Waals surface area contributed by atoms with E-state index in [-0.39, 0.29) is 0 Å². The van der Waals surface area contributed by atoms with Gasteiger partial charge < -0.3 is 0 Å². The maximum atomic E-state index is 2.70. The summed E-state index contributed by atoms with van der Waals surface area (Å²) in [6.07, 6.45) is 1.49. The predicted molar refractivity (Wildman–Crippen MR) is 47.5 cm³/mol. The molecule has 3 unspecified atom stereocenters. The molecule has 0 aromatic heterocycles. The first-order valence-corrected chi connectivity index (χ1v) is 4.90. The van der Waals surface area contributed by atoms with E-state index in [4.69, 9.17) is 0 Å². The molecular formula is C10H19N. The van der Waals surface area contributed by atoms with Crippen LogP contribution in [-0.2, 0) is 0 Å². The molecule has 2 rings (SSSR count). The second-order valence-corrected chi connectivity index (χ2v) is 4.74. The van der Waals surface area contributed by atoms with E-state index in [1.165, 1.54) is 6.42 Å². The summed E-state index contributed by atoms with van der Waals surface area (Å²) in [6.45, 7) is 9.36. The zero-order valence-corrected chi connectivity index (χ0v) is 8.04. The van der Waals surface area contributed by atoms with Gasteiger partial charge in [-0.05, 0) is 32.1 Å². The Morgan fingerprint density at radius 1 is 1.18 bits per heavy atom. The molecule has 1 saturated heterocycles. The summed E-state index contributed by atoms with van der Waals surface area (Å²) in [5, 5.41) is 0. The van der Waals surface area contributed by atoms with Crippen molar-refractivity contribution in [2.75, 3.05) is 0 Å². The molecule has 1 aliphatic heterocycles. The van der Waals surface area contributed by atoms with Gasteiger partial charge in [0.05, 0.1) is 0 Å². The van der Waals surface area contributed by atoms with Crippen LogP contribution in [0.25, 0.3) is 0 Å². The summed E-state index contributed by atoms with van der Waals surface area (Å²) in [6, 6.07) is 2.67. The molecule has 0 aromatic rings. The van der Waals surface area contributed by atoms with Crippen molar-refractivity contribution in [2.45, 2.75) is 52.2 Å². The summed E-state index contributed by atoms with van der Waals surface area (Å²) in [4.78, 5) is 2.70. The highest BCUT2D eigenvalue weighted by Gasteiger charge is 2.60. The van der Waals surface area contributed by atoms with Gasteiger partial charge >= 0.3 is 0 Å². The van der Waals surface area contributed by atoms with E-state index in [1.807, 2.05) is 0 Å². The molecule has 0 bridgehead atoms.